The number of carbonyl (C=O) groups is 1. The van der Waals surface area contributed by atoms with Crippen LogP contribution in [-0.2, 0) is 6.54 Å². The second-order valence-corrected chi connectivity index (χ2v) is 6.52. The van der Waals surface area contributed by atoms with E-state index in [-0.39, 0.29) is 5.91 Å². The van der Waals surface area contributed by atoms with Crippen molar-refractivity contribution in [1.82, 2.24) is 19.8 Å². The quantitative estimate of drug-likeness (QED) is 0.567. The van der Waals surface area contributed by atoms with Crippen LogP contribution < -0.4 is 4.90 Å². The molecule has 0 aliphatic carbocycles. The molecule has 0 bridgehead atoms. The number of para-hydroxylation sites is 1. The number of aryl methyl sites for hydroxylation is 1. The maximum atomic E-state index is 13.1. The summed E-state index contributed by atoms with van der Waals surface area (Å²) in [7, 11) is 0. The highest BCUT2D eigenvalue weighted by atomic mass is 32.1. The van der Waals surface area contributed by atoms with Crippen LogP contribution in [0.3, 0.4) is 0 Å². The molecule has 0 aliphatic heterocycles. The van der Waals surface area contributed by atoms with Crippen LogP contribution in [0.5, 0.6) is 0 Å². The van der Waals surface area contributed by atoms with Crippen molar-refractivity contribution in [2.45, 2.75) is 13.5 Å². The lowest BCUT2D eigenvalue weighted by atomic mass is 10.2. The van der Waals surface area contributed by atoms with Gasteiger partial charge in [-0.15, -0.1) is 15.3 Å². The molecule has 0 fully saturated rings. The Balaban J connectivity index is 1.72. The van der Waals surface area contributed by atoms with E-state index < -0.39 is 0 Å². The van der Waals surface area contributed by atoms with E-state index in [1.165, 1.54) is 11.3 Å². The number of fused-ring (bicyclic) bond motifs is 1. The van der Waals surface area contributed by atoms with Crippen molar-refractivity contribution in [2.24, 2.45) is 0 Å². The van der Waals surface area contributed by atoms with Crippen molar-refractivity contribution in [1.29, 1.82) is 0 Å². The molecule has 4 aromatic rings. The molecular weight excluding hydrogens is 334 g/mol. The van der Waals surface area contributed by atoms with Gasteiger partial charge in [-0.1, -0.05) is 59.9 Å². The minimum Gasteiger partial charge on any atom is -0.302 e. The monoisotopic (exact) mass is 349 g/mol. The number of rotatable bonds is 4. The molecule has 2 aromatic carbocycles. The highest BCUT2D eigenvalue weighted by Crippen LogP contribution is 2.22. The Morgan fingerprint density at radius 1 is 1.04 bits per heavy atom. The summed E-state index contributed by atoms with van der Waals surface area (Å²) in [5.41, 5.74) is 1.89. The number of hydrogen-bond donors (Lipinski definition) is 0. The van der Waals surface area contributed by atoms with E-state index in [0.29, 0.717) is 22.3 Å². The maximum Gasteiger partial charge on any atom is 0.289 e. The maximum absolute atomic E-state index is 13.1. The number of aromatic nitrogens is 4. The van der Waals surface area contributed by atoms with Crippen molar-refractivity contribution < 1.29 is 4.79 Å². The first-order chi connectivity index (χ1) is 12.2. The average molecular weight is 349 g/mol. The summed E-state index contributed by atoms with van der Waals surface area (Å²) in [5, 5.41) is 12.8. The average Bonchev–Trinajstić information content (AvgIpc) is 3.23. The van der Waals surface area contributed by atoms with Crippen LogP contribution in [0.25, 0.3) is 4.96 Å². The van der Waals surface area contributed by atoms with Gasteiger partial charge in [-0.3, -0.25) is 4.79 Å². The molecule has 0 saturated heterocycles. The summed E-state index contributed by atoms with van der Waals surface area (Å²) >= 11 is 1.25. The van der Waals surface area contributed by atoms with Crippen LogP contribution in [0.4, 0.5) is 5.69 Å². The lowest BCUT2D eigenvalue weighted by Crippen LogP contribution is -2.30. The molecule has 6 nitrogen and oxygen atoms in total. The molecule has 0 aliphatic rings. The predicted octanol–water partition coefficient (Wildman–Crippen LogP) is 3.34. The second kappa shape index (κ2) is 6.45. The fourth-order valence-corrected chi connectivity index (χ4v) is 3.40. The number of benzene rings is 2. The Kier molecular flexibility index (Phi) is 3.99. The van der Waals surface area contributed by atoms with Crippen LogP contribution in [0.15, 0.2) is 60.7 Å². The molecule has 1 amide bonds. The minimum absolute atomic E-state index is 0.148. The Morgan fingerprint density at radius 2 is 1.72 bits per heavy atom. The Labute approximate surface area is 148 Å². The van der Waals surface area contributed by atoms with Gasteiger partial charge in [0.05, 0.1) is 6.54 Å². The Bertz CT molecular complexity index is 1010. The molecule has 7 heteroatoms. The van der Waals surface area contributed by atoms with Gasteiger partial charge < -0.3 is 4.90 Å². The topological polar surface area (TPSA) is 63.4 Å². The van der Waals surface area contributed by atoms with Crippen LogP contribution >= 0.6 is 11.3 Å². The van der Waals surface area contributed by atoms with Crippen molar-refractivity contribution in [3.63, 3.8) is 0 Å². The van der Waals surface area contributed by atoms with E-state index in [2.05, 4.69) is 15.3 Å². The SMILES string of the molecule is Cc1nnc2sc(C(=O)N(Cc3ccccc3)c3ccccc3)nn12. The molecule has 0 unspecified atom stereocenters. The lowest BCUT2D eigenvalue weighted by molar-refractivity contribution is 0.0983. The van der Waals surface area contributed by atoms with E-state index in [1.807, 2.05) is 67.6 Å². The van der Waals surface area contributed by atoms with Gasteiger partial charge >= 0.3 is 0 Å². The van der Waals surface area contributed by atoms with Gasteiger partial charge in [-0.2, -0.15) is 4.52 Å². The van der Waals surface area contributed by atoms with Gasteiger partial charge in [0.15, 0.2) is 5.82 Å². The molecule has 124 valence electrons. The summed E-state index contributed by atoms with van der Waals surface area (Å²) in [6.07, 6.45) is 0. The third-order valence-corrected chi connectivity index (χ3v) is 4.71. The third-order valence-electron chi connectivity index (χ3n) is 3.83. The molecular formula is C18H15N5OS. The van der Waals surface area contributed by atoms with Crippen molar-refractivity contribution in [3.05, 3.63) is 77.1 Å². The normalized spacial score (nSPS) is 10.9. The number of amides is 1. The van der Waals surface area contributed by atoms with E-state index in [4.69, 9.17) is 0 Å². The zero-order valence-electron chi connectivity index (χ0n) is 13.5. The molecule has 0 N–H and O–H groups in total. The van der Waals surface area contributed by atoms with Crippen LogP contribution in [0, 0.1) is 6.92 Å². The van der Waals surface area contributed by atoms with Crippen LogP contribution in [-0.4, -0.2) is 25.7 Å². The summed E-state index contributed by atoms with van der Waals surface area (Å²) in [5.74, 6) is 0.518. The van der Waals surface area contributed by atoms with Crippen LogP contribution in [0.2, 0.25) is 0 Å². The van der Waals surface area contributed by atoms with Gasteiger partial charge in [-0.05, 0) is 24.6 Å². The van der Waals surface area contributed by atoms with E-state index in [9.17, 15) is 4.79 Å². The second-order valence-electron chi connectivity index (χ2n) is 5.56. The molecule has 0 spiro atoms. The highest BCUT2D eigenvalue weighted by Gasteiger charge is 2.23. The number of anilines is 1. The Morgan fingerprint density at radius 3 is 2.40 bits per heavy atom. The molecule has 0 atom stereocenters. The first-order valence-corrected chi connectivity index (χ1v) is 8.64. The van der Waals surface area contributed by atoms with Gasteiger partial charge in [-0.25, -0.2) is 0 Å². The lowest BCUT2D eigenvalue weighted by Gasteiger charge is -2.21. The predicted molar refractivity (Wildman–Crippen MR) is 96.8 cm³/mol. The number of hydrogen-bond acceptors (Lipinski definition) is 5. The Hall–Kier alpha value is -3.06. The molecule has 4 rings (SSSR count). The van der Waals surface area contributed by atoms with Crippen molar-refractivity contribution >= 4 is 27.9 Å². The zero-order chi connectivity index (χ0) is 17.2. The standard InChI is InChI=1S/C18H15N5OS/c1-13-19-20-18-23(13)21-16(25-18)17(24)22(15-10-6-3-7-11-15)12-14-8-4-2-5-9-14/h2-11H,12H2,1H3. The van der Waals surface area contributed by atoms with Gasteiger partial charge in [0.1, 0.15) is 0 Å². The van der Waals surface area contributed by atoms with Crippen molar-refractivity contribution in [3.8, 4) is 0 Å². The first-order valence-electron chi connectivity index (χ1n) is 7.82. The smallest absolute Gasteiger partial charge is 0.289 e. The van der Waals surface area contributed by atoms with E-state index in [1.54, 1.807) is 9.42 Å². The molecule has 0 saturated carbocycles. The first kappa shape index (κ1) is 15.5. The molecule has 2 aromatic heterocycles. The molecule has 2 heterocycles. The van der Waals surface area contributed by atoms with Gasteiger partial charge in [0.25, 0.3) is 5.91 Å². The summed E-state index contributed by atoms with van der Waals surface area (Å²) < 4.78 is 1.60. The summed E-state index contributed by atoms with van der Waals surface area (Å²) in [6.45, 7) is 2.29. The fraction of sp³-hybridized carbons (Fsp3) is 0.111. The van der Waals surface area contributed by atoms with E-state index >= 15 is 0 Å². The van der Waals surface area contributed by atoms with Crippen LogP contribution in [0.1, 0.15) is 21.2 Å². The molecule has 25 heavy (non-hydrogen) atoms. The molecule has 0 radical (unpaired) electrons. The number of nitrogens with zero attached hydrogens (tertiary/aromatic N) is 5. The van der Waals surface area contributed by atoms with E-state index in [0.717, 1.165) is 11.3 Å². The zero-order valence-corrected chi connectivity index (χ0v) is 14.3. The van der Waals surface area contributed by atoms with Gasteiger partial charge in [0, 0.05) is 5.69 Å². The van der Waals surface area contributed by atoms with Gasteiger partial charge in [0.2, 0.25) is 9.97 Å². The van der Waals surface area contributed by atoms with Crippen molar-refractivity contribution in [2.75, 3.05) is 4.90 Å². The fourth-order valence-electron chi connectivity index (χ4n) is 2.57. The highest BCUT2D eigenvalue weighted by molar-refractivity contribution is 7.18. The summed E-state index contributed by atoms with van der Waals surface area (Å²) in [6, 6.07) is 19.5. The largest absolute Gasteiger partial charge is 0.302 e. The number of carbonyl (C=O) groups excluding carboxylic acids is 1. The third kappa shape index (κ3) is 3.01. The summed E-state index contributed by atoms with van der Waals surface area (Å²) in [4.78, 5) is 15.5. The minimum atomic E-state index is -0.148.